The highest BCUT2D eigenvalue weighted by atomic mass is 15.0. The minimum Gasteiger partial charge on any atom is -0.209 e. The Kier molecular flexibility index (Phi) is 12.3. The molecule has 0 fully saturated rings. The molecule has 4 aliphatic carbocycles. The first-order valence-corrected chi connectivity index (χ1v) is 23.9. The van der Waals surface area contributed by atoms with Crippen LogP contribution in [0.3, 0.4) is 0 Å². The summed E-state index contributed by atoms with van der Waals surface area (Å²) in [6.07, 6.45) is 32.0. The monoisotopic (exact) mass is 884 g/mol. The van der Waals surface area contributed by atoms with Crippen LogP contribution in [0.5, 0.6) is 0 Å². The van der Waals surface area contributed by atoms with Crippen LogP contribution in [0.15, 0.2) is 187 Å². The average Bonchev–Trinajstić information content (AvgIpc) is 3.79. The molecule has 0 saturated carbocycles. The van der Waals surface area contributed by atoms with Crippen LogP contribution in [0.4, 0.5) is 0 Å². The smallest absolute Gasteiger partial charge is 0.164 e. The van der Waals surface area contributed by atoms with Gasteiger partial charge in [0.25, 0.3) is 0 Å². The summed E-state index contributed by atoms with van der Waals surface area (Å²) in [6, 6.07) is 34.2. The molecule has 0 bridgehead atoms. The van der Waals surface area contributed by atoms with Crippen LogP contribution in [-0.2, 0) is 11.8 Å². The fourth-order valence-electron chi connectivity index (χ4n) is 9.94. The fourth-order valence-corrected chi connectivity index (χ4v) is 9.94. The lowest BCUT2D eigenvalue weighted by atomic mass is 9.62. The van der Waals surface area contributed by atoms with Crippen LogP contribution >= 0.6 is 0 Å². The van der Waals surface area contributed by atoms with E-state index in [2.05, 4.69) is 181 Å². The quantitative estimate of drug-likeness (QED) is 0.135. The Bertz CT molecular complexity index is 3290. The molecule has 0 amide bonds. The minimum absolute atomic E-state index is 0.191. The molecule has 68 heavy (non-hydrogen) atoms. The number of hydrogen-bond donors (Lipinski definition) is 0. The van der Waals surface area contributed by atoms with Crippen molar-refractivity contribution < 1.29 is 0 Å². The molecule has 1 unspecified atom stereocenters. The molecule has 0 aliphatic heterocycles. The summed E-state index contributed by atoms with van der Waals surface area (Å²) in [4.78, 5) is 30.4. The van der Waals surface area contributed by atoms with Crippen molar-refractivity contribution in [3.8, 4) is 34.2 Å². The normalized spacial score (nSPS) is 17.7. The predicted octanol–water partition coefficient (Wildman–Crippen LogP) is 14.9. The lowest BCUT2D eigenvalue weighted by molar-refractivity contribution is 0.452. The number of hydrogen-bond acceptors (Lipinski definition) is 6. The Balaban J connectivity index is 0.967. The zero-order valence-corrected chi connectivity index (χ0v) is 39.8. The van der Waals surface area contributed by atoms with E-state index in [1.54, 1.807) is 0 Å². The second-order valence-electron chi connectivity index (χ2n) is 18.7. The first-order valence-electron chi connectivity index (χ1n) is 23.9. The molecule has 4 aromatic carbocycles. The Morgan fingerprint density at radius 3 is 2.25 bits per heavy atom. The second kappa shape index (κ2) is 18.9. The molecule has 4 aliphatic rings. The van der Waals surface area contributed by atoms with E-state index in [-0.39, 0.29) is 5.41 Å². The van der Waals surface area contributed by atoms with Crippen molar-refractivity contribution >= 4 is 27.9 Å². The fraction of sp³-hybridized carbons (Fsp3) is 0.194. The first kappa shape index (κ1) is 44.2. The Labute approximate surface area is 401 Å². The molecule has 2 heterocycles. The summed E-state index contributed by atoms with van der Waals surface area (Å²) in [5.74, 6) is 4.52. The molecule has 2 aromatic heterocycles. The number of allylic oxidation sites excluding steroid dienone is 20. The molecule has 10 rings (SSSR count). The molecular formula is C62H56N6. The summed E-state index contributed by atoms with van der Waals surface area (Å²) in [5, 5.41) is 0. The Morgan fingerprint density at radius 1 is 0.662 bits per heavy atom. The van der Waals surface area contributed by atoms with Gasteiger partial charge in [0, 0.05) is 33.3 Å². The Hall–Kier alpha value is -7.70. The van der Waals surface area contributed by atoms with Gasteiger partial charge >= 0.3 is 0 Å². The zero-order valence-electron chi connectivity index (χ0n) is 39.8. The van der Waals surface area contributed by atoms with E-state index in [0.29, 0.717) is 40.9 Å². The number of aryl methyl sites for hydroxylation is 1. The summed E-state index contributed by atoms with van der Waals surface area (Å²) in [5.41, 5.74) is 17.1. The third-order valence-corrected chi connectivity index (χ3v) is 13.8. The van der Waals surface area contributed by atoms with Gasteiger partial charge in [0.15, 0.2) is 34.9 Å². The molecular weight excluding hydrogens is 829 g/mol. The van der Waals surface area contributed by atoms with Gasteiger partial charge < -0.3 is 0 Å². The minimum atomic E-state index is -0.191. The number of fused-ring (bicyclic) bond motifs is 2. The predicted molar refractivity (Wildman–Crippen MR) is 282 cm³/mol. The van der Waals surface area contributed by atoms with Crippen molar-refractivity contribution in [3.63, 3.8) is 0 Å². The molecule has 0 radical (unpaired) electrons. The van der Waals surface area contributed by atoms with Gasteiger partial charge in [-0.1, -0.05) is 183 Å². The zero-order chi connectivity index (χ0) is 46.8. The first-order chi connectivity index (χ1) is 33.1. The third kappa shape index (κ3) is 8.94. The van der Waals surface area contributed by atoms with E-state index < -0.39 is 0 Å². The van der Waals surface area contributed by atoms with E-state index in [4.69, 9.17) is 29.9 Å². The van der Waals surface area contributed by atoms with Gasteiger partial charge in [-0.15, -0.1) is 0 Å². The maximum absolute atomic E-state index is 5.13. The van der Waals surface area contributed by atoms with Crippen molar-refractivity contribution in [2.75, 3.05) is 0 Å². The molecule has 6 heteroatoms. The summed E-state index contributed by atoms with van der Waals surface area (Å²) >= 11 is 0. The lowest BCUT2D eigenvalue weighted by Gasteiger charge is -2.42. The van der Waals surface area contributed by atoms with Crippen molar-refractivity contribution in [2.45, 2.75) is 72.6 Å². The summed E-state index contributed by atoms with van der Waals surface area (Å²) in [7, 11) is 0. The van der Waals surface area contributed by atoms with E-state index in [1.807, 2.05) is 36.4 Å². The lowest BCUT2D eigenvalue weighted by Crippen LogP contribution is -2.34. The van der Waals surface area contributed by atoms with E-state index in [1.165, 1.54) is 27.8 Å². The van der Waals surface area contributed by atoms with Gasteiger partial charge in [0.05, 0.1) is 0 Å². The maximum atomic E-state index is 5.13. The van der Waals surface area contributed by atoms with Crippen LogP contribution in [0, 0.1) is 12.8 Å². The highest BCUT2D eigenvalue weighted by Crippen LogP contribution is 2.49. The van der Waals surface area contributed by atoms with Crippen molar-refractivity contribution in [1.29, 1.82) is 0 Å². The van der Waals surface area contributed by atoms with Crippen molar-refractivity contribution in [1.82, 2.24) is 29.9 Å². The topological polar surface area (TPSA) is 77.3 Å². The molecule has 334 valence electrons. The van der Waals surface area contributed by atoms with E-state index in [9.17, 15) is 0 Å². The van der Waals surface area contributed by atoms with Crippen LogP contribution in [0.25, 0.3) is 62.0 Å². The van der Waals surface area contributed by atoms with Crippen LogP contribution in [-0.4, -0.2) is 29.9 Å². The van der Waals surface area contributed by atoms with Gasteiger partial charge in [-0.05, 0) is 122 Å². The molecule has 1 atom stereocenters. The van der Waals surface area contributed by atoms with E-state index >= 15 is 0 Å². The number of nitrogens with zero attached hydrogens (tertiary/aromatic N) is 6. The van der Waals surface area contributed by atoms with Crippen molar-refractivity contribution in [2.24, 2.45) is 5.92 Å². The van der Waals surface area contributed by atoms with E-state index in [0.717, 1.165) is 81.4 Å². The van der Waals surface area contributed by atoms with Gasteiger partial charge in [0.1, 0.15) is 0 Å². The van der Waals surface area contributed by atoms with Crippen LogP contribution < -0.4 is 0 Å². The number of benzene rings is 4. The SMILES string of the molecule is C/C=C(\C=C(/C)c1nc(C2=CC=CC=CC2)nc(C2=CC=CCC=C2C)n1)c1ccc2c(c1)C(C)(C)C1=CC(c3cccc(-c4nc(-c5ccccc5)nc(-c5ccccc5C)n4)c3)=CCC1C2. The molecule has 0 N–H and O–H groups in total. The van der Waals surface area contributed by atoms with Crippen LogP contribution in [0.1, 0.15) is 99.2 Å². The highest BCUT2D eigenvalue weighted by Gasteiger charge is 2.39. The van der Waals surface area contributed by atoms with Gasteiger partial charge in [-0.2, -0.15) is 0 Å². The van der Waals surface area contributed by atoms with Crippen LogP contribution in [0.2, 0.25) is 0 Å². The number of rotatable bonds is 9. The van der Waals surface area contributed by atoms with Crippen molar-refractivity contribution in [3.05, 3.63) is 232 Å². The largest absolute Gasteiger partial charge is 0.209 e. The highest BCUT2D eigenvalue weighted by molar-refractivity contribution is 5.85. The standard InChI is InChI=1S/C62H56N6/c1-7-43(35-42(4)56-63-57(44-23-13-8-9-14-24-44)66-60(64-56)52-29-17-10-12-21-40(52)2)47-31-33-49-37-50-34-32-48(39-55(50)62(5,6)54(49)38-47)46-27-20-28-51(36-46)59-65-58(45-25-15-11-16-26-45)67-61(68-59)53-30-19-18-22-41(53)3/h7-11,13-23,25-33,35-36,38-39,50H,12,24,34,37H2,1-6H3/b42-35+,43-7+. The maximum Gasteiger partial charge on any atom is 0.164 e. The summed E-state index contributed by atoms with van der Waals surface area (Å²) < 4.78 is 0. The Morgan fingerprint density at radius 2 is 1.41 bits per heavy atom. The second-order valence-corrected chi connectivity index (χ2v) is 18.7. The number of aromatic nitrogens is 6. The average molecular weight is 885 g/mol. The van der Waals surface area contributed by atoms with Gasteiger partial charge in [-0.25, -0.2) is 29.9 Å². The molecule has 6 nitrogen and oxygen atoms in total. The molecule has 0 saturated heterocycles. The van der Waals surface area contributed by atoms with Gasteiger partial charge in [0.2, 0.25) is 0 Å². The summed E-state index contributed by atoms with van der Waals surface area (Å²) in [6.45, 7) is 13.3. The van der Waals surface area contributed by atoms with Gasteiger partial charge in [-0.3, -0.25) is 0 Å². The molecule has 6 aromatic rings. The third-order valence-electron chi connectivity index (χ3n) is 13.8. The molecule has 0 spiro atoms.